The number of carboxylic acid groups (broad SMARTS) is 1. The molecule has 2 rings (SSSR count). The van der Waals surface area contributed by atoms with Gasteiger partial charge in [-0.05, 0) is 48.9 Å². The van der Waals surface area contributed by atoms with Gasteiger partial charge in [-0.1, -0.05) is 13.8 Å². The van der Waals surface area contributed by atoms with Crippen molar-refractivity contribution in [3.05, 3.63) is 35.0 Å². The fourth-order valence-electron chi connectivity index (χ4n) is 2.88. The molecule has 2 aromatic rings. The van der Waals surface area contributed by atoms with E-state index in [1.165, 1.54) is 0 Å². The van der Waals surface area contributed by atoms with Crippen molar-refractivity contribution in [2.75, 3.05) is 6.61 Å². The van der Waals surface area contributed by atoms with Gasteiger partial charge in [-0.2, -0.15) is 0 Å². The molecule has 4 heteroatoms. The predicted molar refractivity (Wildman–Crippen MR) is 84.0 cm³/mol. The number of fused-ring (bicyclic) bond motifs is 1. The van der Waals surface area contributed by atoms with Gasteiger partial charge in [-0.3, -0.25) is 0 Å². The number of hydrogen-bond donors (Lipinski definition) is 2. The number of carboxylic acids is 1. The van der Waals surface area contributed by atoms with Gasteiger partial charge in [-0.25, -0.2) is 4.79 Å². The Morgan fingerprint density at radius 3 is 2.57 bits per heavy atom. The third-order valence-electron chi connectivity index (χ3n) is 3.83. The van der Waals surface area contributed by atoms with Crippen LogP contribution in [0, 0.1) is 0 Å². The lowest BCUT2D eigenvalue weighted by Crippen LogP contribution is -2.01. The monoisotopic (exact) mass is 289 g/mol. The number of aliphatic hydroxyl groups excluding tert-OH is 1. The number of aromatic carboxylic acids is 1. The van der Waals surface area contributed by atoms with Crippen molar-refractivity contribution >= 4 is 16.9 Å². The lowest BCUT2D eigenvalue weighted by atomic mass is 10.0. The number of nitrogens with zero attached hydrogens (tertiary/aromatic N) is 1. The molecule has 2 N–H and O–H groups in total. The van der Waals surface area contributed by atoms with Crippen LogP contribution in [-0.4, -0.2) is 27.4 Å². The van der Waals surface area contributed by atoms with E-state index in [1.807, 2.05) is 0 Å². The Balaban J connectivity index is 2.67. The van der Waals surface area contributed by atoms with Crippen molar-refractivity contribution < 1.29 is 15.0 Å². The molecule has 0 aliphatic heterocycles. The van der Waals surface area contributed by atoms with Crippen molar-refractivity contribution in [1.29, 1.82) is 0 Å². The van der Waals surface area contributed by atoms with Crippen LogP contribution in [0.15, 0.2) is 18.3 Å². The third-order valence-corrected chi connectivity index (χ3v) is 3.83. The molecule has 1 aromatic carbocycles. The molecule has 0 spiro atoms. The summed E-state index contributed by atoms with van der Waals surface area (Å²) in [5, 5.41) is 19.4. The molecular formula is C17H23NO3. The first-order chi connectivity index (χ1) is 10.1. The highest BCUT2D eigenvalue weighted by Crippen LogP contribution is 2.28. The molecule has 0 amide bonds. The van der Waals surface area contributed by atoms with Crippen molar-refractivity contribution in [2.45, 2.75) is 46.1 Å². The van der Waals surface area contributed by atoms with Crippen LogP contribution in [-0.2, 0) is 19.4 Å². The second kappa shape index (κ2) is 6.76. The summed E-state index contributed by atoms with van der Waals surface area (Å²) in [6.45, 7) is 5.27. The maximum atomic E-state index is 11.3. The minimum atomic E-state index is -0.886. The van der Waals surface area contributed by atoms with Gasteiger partial charge in [0.05, 0.1) is 11.1 Å². The number of hydrogen-bond acceptors (Lipinski definition) is 2. The van der Waals surface area contributed by atoms with E-state index in [2.05, 4.69) is 24.6 Å². The maximum Gasteiger partial charge on any atom is 0.335 e. The zero-order valence-corrected chi connectivity index (χ0v) is 12.7. The van der Waals surface area contributed by atoms with Crippen LogP contribution < -0.4 is 0 Å². The van der Waals surface area contributed by atoms with Gasteiger partial charge in [0.25, 0.3) is 0 Å². The molecule has 0 radical (unpaired) electrons. The van der Waals surface area contributed by atoms with Gasteiger partial charge in [0.2, 0.25) is 0 Å². The summed E-state index contributed by atoms with van der Waals surface area (Å²) in [5.41, 5.74) is 3.70. The predicted octanol–water partition coefficient (Wildman–Crippen LogP) is 3.24. The number of rotatable bonds is 7. The smallest absolute Gasteiger partial charge is 0.335 e. The topological polar surface area (TPSA) is 62.5 Å². The van der Waals surface area contributed by atoms with Gasteiger partial charge < -0.3 is 14.8 Å². The Kier molecular flexibility index (Phi) is 5.02. The van der Waals surface area contributed by atoms with Gasteiger partial charge in [0.15, 0.2) is 0 Å². The van der Waals surface area contributed by atoms with Gasteiger partial charge in [-0.15, -0.1) is 0 Å². The minimum Gasteiger partial charge on any atom is -0.478 e. The molecule has 0 bridgehead atoms. The van der Waals surface area contributed by atoms with E-state index >= 15 is 0 Å². The summed E-state index contributed by atoms with van der Waals surface area (Å²) in [6.07, 6.45) is 5.44. The van der Waals surface area contributed by atoms with Crippen LogP contribution in [0.1, 0.15) is 48.2 Å². The lowest BCUT2D eigenvalue weighted by molar-refractivity contribution is 0.0697. The number of aromatic nitrogens is 1. The zero-order chi connectivity index (χ0) is 15.4. The first-order valence-corrected chi connectivity index (χ1v) is 7.61. The minimum absolute atomic E-state index is 0.152. The molecular weight excluding hydrogens is 266 g/mol. The summed E-state index contributed by atoms with van der Waals surface area (Å²) < 4.78 is 2.23. The van der Waals surface area contributed by atoms with Gasteiger partial charge in [0, 0.05) is 24.7 Å². The lowest BCUT2D eigenvalue weighted by Gasteiger charge is -2.09. The van der Waals surface area contributed by atoms with Crippen molar-refractivity contribution in [3.8, 4) is 0 Å². The van der Waals surface area contributed by atoms with Crippen molar-refractivity contribution in [1.82, 2.24) is 4.57 Å². The van der Waals surface area contributed by atoms with Crippen LogP contribution in [0.2, 0.25) is 0 Å². The molecule has 114 valence electrons. The van der Waals surface area contributed by atoms with Gasteiger partial charge in [0.1, 0.15) is 0 Å². The van der Waals surface area contributed by atoms with Gasteiger partial charge >= 0.3 is 5.97 Å². The van der Waals surface area contributed by atoms with Crippen molar-refractivity contribution in [3.63, 3.8) is 0 Å². The van der Waals surface area contributed by atoms with E-state index in [0.717, 1.165) is 47.8 Å². The largest absolute Gasteiger partial charge is 0.478 e. The summed E-state index contributed by atoms with van der Waals surface area (Å²) >= 11 is 0. The fourth-order valence-corrected chi connectivity index (χ4v) is 2.88. The standard InChI is InChI=1S/C17H23NO3/c1-3-7-18-11-13(6-5-8-19)15-10-14(17(20)21)9-12(4-2)16(15)18/h9-11,19H,3-8H2,1-2H3,(H,20,21). The second-order valence-corrected chi connectivity index (χ2v) is 5.37. The van der Waals surface area contributed by atoms with E-state index in [0.29, 0.717) is 12.0 Å². The molecule has 21 heavy (non-hydrogen) atoms. The zero-order valence-electron chi connectivity index (χ0n) is 12.7. The molecule has 0 saturated heterocycles. The SMILES string of the molecule is CCCn1cc(CCCO)c2cc(C(=O)O)cc(CC)c21. The van der Waals surface area contributed by atoms with E-state index in [4.69, 9.17) is 5.11 Å². The van der Waals surface area contributed by atoms with E-state index in [1.54, 1.807) is 12.1 Å². The number of benzene rings is 1. The Bertz CT molecular complexity index is 643. The highest BCUT2D eigenvalue weighted by atomic mass is 16.4. The van der Waals surface area contributed by atoms with Crippen LogP contribution in [0.3, 0.4) is 0 Å². The van der Waals surface area contributed by atoms with Crippen molar-refractivity contribution in [2.24, 2.45) is 0 Å². The van der Waals surface area contributed by atoms with E-state index < -0.39 is 5.97 Å². The molecule has 1 heterocycles. The first-order valence-electron chi connectivity index (χ1n) is 7.61. The molecule has 0 unspecified atom stereocenters. The Morgan fingerprint density at radius 2 is 2.00 bits per heavy atom. The number of carbonyl (C=O) groups is 1. The Labute approximate surface area is 125 Å². The second-order valence-electron chi connectivity index (χ2n) is 5.37. The number of aryl methyl sites for hydroxylation is 3. The van der Waals surface area contributed by atoms with Crippen LogP contribution in [0.4, 0.5) is 0 Å². The highest BCUT2D eigenvalue weighted by Gasteiger charge is 2.15. The average molecular weight is 289 g/mol. The molecule has 0 saturated carbocycles. The first kappa shape index (κ1) is 15.6. The summed E-state index contributed by atoms with van der Waals surface area (Å²) in [6, 6.07) is 3.56. The molecule has 1 aromatic heterocycles. The maximum absolute atomic E-state index is 11.3. The van der Waals surface area contributed by atoms with Crippen LogP contribution in [0.25, 0.3) is 10.9 Å². The molecule has 0 fully saturated rings. The molecule has 0 aliphatic carbocycles. The summed E-state index contributed by atoms with van der Waals surface area (Å²) in [4.78, 5) is 11.3. The number of aliphatic hydroxyl groups is 1. The van der Waals surface area contributed by atoms with E-state index in [9.17, 15) is 9.90 Å². The molecule has 0 aliphatic rings. The van der Waals surface area contributed by atoms with Crippen LogP contribution in [0.5, 0.6) is 0 Å². The normalized spacial score (nSPS) is 11.2. The molecule has 4 nitrogen and oxygen atoms in total. The van der Waals surface area contributed by atoms with E-state index in [-0.39, 0.29) is 6.61 Å². The fraction of sp³-hybridized carbons (Fsp3) is 0.471. The summed E-state index contributed by atoms with van der Waals surface area (Å²) in [5.74, 6) is -0.886. The quantitative estimate of drug-likeness (QED) is 0.822. The Morgan fingerprint density at radius 1 is 1.24 bits per heavy atom. The van der Waals surface area contributed by atoms with Crippen LogP contribution >= 0.6 is 0 Å². The molecule has 0 atom stereocenters. The highest BCUT2D eigenvalue weighted by molar-refractivity contribution is 5.96. The average Bonchev–Trinajstić information content (AvgIpc) is 2.82. The summed E-state index contributed by atoms with van der Waals surface area (Å²) in [7, 11) is 0. The third kappa shape index (κ3) is 3.10. The Hall–Kier alpha value is -1.81.